The molecule has 3 rings (SSSR count). The molecule has 4 nitrogen and oxygen atoms in total. The number of nitrogens with one attached hydrogen (secondary N) is 1. The highest BCUT2D eigenvalue weighted by Gasteiger charge is 2.26. The van der Waals surface area contributed by atoms with Gasteiger partial charge in [-0.25, -0.2) is 0 Å². The van der Waals surface area contributed by atoms with Gasteiger partial charge in [-0.1, -0.05) is 36.8 Å². The fraction of sp³-hybridized carbons (Fsp3) is 0.333. The molecule has 0 unspecified atom stereocenters. The quantitative estimate of drug-likeness (QED) is 0.862. The number of hydrogen-bond donors (Lipinski definition) is 1. The summed E-state index contributed by atoms with van der Waals surface area (Å²) < 4.78 is 0. The molecule has 26 heavy (non-hydrogen) atoms. The molecule has 0 spiro atoms. The Kier molecular flexibility index (Phi) is 5.67. The molecule has 0 aliphatic carbocycles. The van der Waals surface area contributed by atoms with Gasteiger partial charge in [-0.15, -0.1) is 11.8 Å². The van der Waals surface area contributed by atoms with E-state index in [1.165, 1.54) is 17.3 Å². The van der Waals surface area contributed by atoms with Crippen molar-refractivity contribution in [2.45, 2.75) is 44.7 Å². The zero-order valence-electron chi connectivity index (χ0n) is 15.4. The molecular formula is C21H24N2O2S. The van der Waals surface area contributed by atoms with Gasteiger partial charge in [0.25, 0.3) is 5.91 Å². The molecule has 1 aliphatic rings. The number of fused-ring (bicyclic) bond motifs is 1. The van der Waals surface area contributed by atoms with Gasteiger partial charge in [0.2, 0.25) is 5.91 Å². The summed E-state index contributed by atoms with van der Waals surface area (Å²) in [5.41, 5.74) is 3.67. The summed E-state index contributed by atoms with van der Waals surface area (Å²) in [6, 6.07) is 13.9. The van der Waals surface area contributed by atoms with Crippen molar-refractivity contribution < 1.29 is 9.59 Å². The standard InChI is InChI=1S/C21H24N2O2S/c1-4-15(3)22-21(25)17-8-9-19-18(11-17)23(20(24)13-26-19)12-16-7-5-6-14(2)10-16/h5-11,15H,4,12-13H2,1-3H3,(H,22,25)/t15-/m1/s1. The van der Waals surface area contributed by atoms with Gasteiger partial charge in [-0.05, 0) is 44.0 Å². The second-order valence-electron chi connectivity index (χ2n) is 6.72. The van der Waals surface area contributed by atoms with Gasteiger partial charge in [-0.3, -0.25) is 9.59 Å². The smallest absolute Gasteiger partial charge is 0.251 e. The summed E-state index contributed by atoms with van der Waals surface area (Å²) in [4.78, 5) is 27.9. The Balaban J connectivity index is 1.90. The van der Waals surface area contributed by atoms with Crippen LogP contribution in [0.25, 0.3) is 0 Å². The molecule has 0 saturated carbocycles. The first-order chi connectivity index (χ1) is 12.5. The van der Waals surface area contributed by atoms with Crippen molar-refractivity contribution in [3.63, 3.8) is 0 Å². The van der Waals surface area contributed by atoms with Crippen molar-refractivity contribution in [3.8, 4) is 0 Å². The van der Waals surface area contributed by atoms with Gasteiger partial charge >= 0.3 is 0 Å². The average Bonchev–Trinajstić information content (AvgIpc) is 2.63. The Labute approximate surface area is 159 Å². The van der Waals surface area contributed by atoms with Crippen LogP contribution in [0.3, 0.4) is 0 Å². The summed E-state index contributed by atoms with van der Waals surface area (Å²) in [7, 11) is 0. The Morgan fingerprint density at radius 1 is 1.27 bits per heavy atom. The SMILES string of the molecule is CC[C@@H](C)NC(=O)c1ccc2c(c1)N(Cc1cccc(C)c1)C(=O)CS2. The van der Waals surface area contributed by atoms with E-state index in [1.807, 2.05) is 57.2 Å². The van der Waals surface area contributed by atoms with Crippen molar-refractivity contribution >= 4 is 29.3 Å². The van der Waals surface area contributed by atoms with Crippen LogP contribution in [0, 0.1) is 6.92 Å². The predicted octanol–water partition coefficient (Wildman–Crippen LogP) is 4.16. The van der Waals surface area contributed by atoms with Crippen molar-refractivity contribution in [3.05, 3.63) is 59.2 Å². The van der Waals surface area contributed by atoms with E-state index in [4.69, 9.17) is 0 Å². The third-order valence-corrected chi connectivity index (χ3v) is 5.62. The number of thioether (sulfide) groups is 1. The zero-order valence-corrected chi connectivity index (χ0v) is 16.2. The Morgan fingerprint density at radius 2 is 2.08 bits per heavy atom. The molecule has 5 heteroatoms. The second kappa shape index (κ2) is 7.96. The lowest BCUT2D eigenvalue weighted by Crippen LogP contribution is -2.36. The Bertz CT molecular complexity index is 835. The van der Waals surface area contributed by atoms with Gasteiger partial charge in [0.05, 0.1) is 18.0 Å². The number of amides is 2. The van der Waals surface area contributed by atoms with Crippen LogP contribution in [0.1, 0.15) is 41.8 Å². The largest absolute Gasteiger partial charge is 0.350 e. The van der Waals surface area contributed by atoms with Crippen LogP contribution in [-0.4, -0.2) is 23.6 Å². The first-order valence-electron chi connectivity index (χ1n) is 8.91. The van der Waals surface area contributed by atoms with E-state index in [9.17, 15) is 9.59 Å². The van der Waals surface area contributed by atoms with E-state index in [-0.39, 0.29) is 17.9 Å². The molecule has 2 amide bonds. The van der Waals surface area contributed by atoms with Crippen LogP contribution in [0.4, 0.5) is 5.69 Å². The fourth-order valence-corrected chi connectivity index (χ4v) is 3.84. The maximum atomic E-state index is 12.6. The van der Waals surface area contributed by atoms with E-state index < -0.39 is 0 Å². The molecule has 0 bridgehead atoms. The lowest BCUT2D eigenvalue weighted by molar-refractivity contribution is -0.116. The molecule has 0 radical (unpaired) electrons. The molecule has 1 N–H and O–H groups in total. The minimum atomic E-state index is -0.0966. The first kappa shape index (κ1) is 18.5. The normalized spacial score (nSPS) is 14.7. The van der Waals surface area contributed by atoms with Gasteiger partial charge in [0.1, 0.15) is 0 Å². The van der Waals surface area contributed by atoms with E-state index in [2.05, 4.69) is 11.4 Å². The number of rotatable bonds is 5. The number of benzene rings is 2. The fourth-order valence-electron chi connectivity index (χ4n) is 2.92. The van der Waals surface area contributed by atoms with Crippen molar-refractivity contribution in [1.82, 2.24) is 5.32 Å². The van der Waals surface area contributed by atoms with Gasteiger partial charge in [-0.2, -0.15) is 0 Å². The van der Waals surface area contributed by atoms with Crippen LogP contribution in [0.2, 0.25) is 0 Å². The Hall–Kier alpha value is -2.27. The summed E-state index contributed by atoms with van der Waals surface area (Å²) in [6.07, 6.45) is 0.879. The number of carbonyl (C=O) groups excluding carboxylic acids is 2. The number of carbonyl (C=O) groups is 2. The Morgan fingerprint density at radius 3 is 2.81 bits per heavy atom. The van der Waals surface area contributed by atoms with E-state index in [0.29, 0.717) is 17.9 Å². The third-order valence-electron chi connectivity index (χ3n) is 4.58. The topological polar surface area (TPSA) is 49.4 Å². The summed E-state index contributed by atoms with van der Waals surface area (Å²) >= 11 is 1.53. The molecule has 1 heterocycles. The summed E-state index contributed by atoms with van der Waals surface area (Å²) in [6.45, 7) is 6.59. The maximum Gasteiger partial charge on any atom is 0.251 e. The highest BCUT2D eigenvalue weighted by Crippen LogP contribution is 2.37. The van der Waals surface area contributed by atoms with Crippen LogP contribution < -0.4 is 10.2 Å². The monoisotopic (exact) mass is 368 g/mol. The van der Waals surface area contributed by atoms with Crippen LogP contribution >= 0.6 is 11.8 Å². The van der Waals surface area contributed by atoms with E-state index in [0.717, 1.165) is 22.6 Å². The summed E-state index contributed by atoms with van der Waals surface area (Å²) in [5.74, 6) is 0.404. The number of aryl methyl sites for hydroxylation is 1. The highest BCUT2D eigenvalue weighted by atomic mass is 32.2. The van der Waals surface area contributed by atoms with Gasteiger partial charge in [0, 0.05) is 16.5 Å². The first-order valence-corrected chi connectivity index (χ1v) is 9.90. The van der Waals surface area contributed by atoms with Gasteiger partial charge < -0.3 is 10.2 Å². The highest BCUT2D eigenvalue weighted by molar-refractivity contribution is 8.00. The van der Waals surface area contributed by atoms with Gasteiger partial charge in [0.15, 0.2) is 0 Å². The van der Waals surface area contributed by atoms with E-state index in [1.54, 1.807) is 4.90 Å². The zero-order chi connectivity index (χ0) is 18.7. The molecule has 0 saturated heterocycles. The third kappa shape index (κ3) is 4.10. The number of hydrogen-bond acceptors (Lipinski definition) is 3. The van der Waals surface area contributed by atoms with Crippen molar-refractivity contribution in [1.29, 1.82) is 0 Å². The molecular weight excluding hydrogens is 344 g/mol. The lowest BCUT2D eigenvalue weighted by atomic mass is 10.1. The minimum absolute atomic E-state index is 0.0727. The molecule has 136 valence electrons. The maximum absolute atomic E-state index is 12.6. The molecule has 2 aromatic rings. The van der Waals surface area contributed by atoms with Crippen molar-refractivity contribution in [2.75, 3.05) is 10.7 Å². The molecule has 0 aromatic heterocycles. The lowest BCUT2D eigenvalue weighted by Gasteiger charge is -2.29. The summed E-state index contributed by atoms with van der Waals surface area (Å²) in [5, 5.41) is 2.99. The molecule has 2 aromatic carbocycles. The van der Waals surface area contributed by atoms with Crippen LogP contribution in [-0.2, 0) is 11.3 Å². The predicted molar refractivity (Wildman–Crippen MR) is 107 cm³/mol. The second-order valence-corrected chi connectivity index (χ2v) is 7.74. The van der Waals surface area contributed by atoms with Crippen LogP contribution in [0.15, 0.2) is 47.4 Å². The number of nitrogens with zero attached hydrogens (tertiary/aromatic N) is 1. The molecule has 0 fully saturated rings. The minimum Gasteiger partial charge on any atom is -0.350 e. The van der Waals surface area contributed by atoms with Crippen molar-refractivity contribution in [2.24, 2.45) is 0 Å². The number of anilines is 1. The molecule has 1 atom stereocenters. The molecule has 1 aliphatic heterocycles. The van der Waals surface area contributed by atoms with E-state index >= 15 is 0 Å². The van der Waals surface area contributed by atoms with Crippen LogP contribution in [0.5, 0.6) is 0 Å². The average molecular weight is 369 g/mol.